The molecule has 0 bridgehead atoms. The van der Waals surface area contributed by atoms with Crippen molar-refractivity contribution < 1.29 is 38.7 Å². The van der Waals surface area contributed by atoms with Crippen LogP contribution in [0.4, 0.5) is 5.69 Å². The number of unbranched alkanes of at least 4 members (excludes halogenated alkanes) is 1. The van der Waals surface area contributed by atoms with Crippen LogP contribution in [0.5, 0.6) is 0 Å². The summed E-state index contributed by atoms with van der Waals surface area (Å²) >= 11 is 1.14. The Labute approximate surface area is 348 Å². The molecule has 2 amide bonds. The number of likely N-dealkylation sites (tertiary alicyclic amines) is 1. The molecule has 1 aromatic heterocycles. The van der Waals surface area contributed by atoms with Gasteiger partial charge in [0.25, 0.3) is 5.91 Å². The van der Waals surface area contributed by atoms with Crippen LogP contribution in [0, 0.1) is 35.5 Å². The minimum Gasteiger partial charge on any atom is -0.481 e. The first-order chi connectivity index (χ1) is 27.4. The molecule has 0 saturated carbocycles. The van der Waals surface area contributed by atoms with Crippen LogP contribution < -0.4 is 11.1 Å². The van der Waals surface area contributed by atoms with Gasteiger partial charge >= 0.3 is 11.9 Å². The van der Waals surface area contributed by atoms with E-state index in [2.05, 4.69) is 21.1 Å². The Bertz CT molecular complexity index is 1720. The monoisotopic (exact) mass is 823 g/mol. The second-order valence-electron chi connectivity index (χ2n) is 16.7. The molecule has 58 heavy (non-hydrogen) atoms. The fraction of sp³-hybridized carbons (Fsp3) is 0.636. The molecule has 0 spiro atoms. The number of anilines is 1. The van der Waals surface area contributed by atoms with Gasteiger partial charge in [-0.15, -0.1) is 23.7 Å². The predicted molar refractivity (Wildman–Crippen MR) is 225 cm³/mol. The van der Waals surface area contributed by atoms with Crippen LogP contribution >= 0.6 is 11.3 Å². The lowest BCUT2D eigenvalue weighted by Crippen LogP contribution is -2.50. The zero-order valence-electron chi connectivity index (χ0n) is 35.6. The van der Waals surface area contributed by atoms with Gasteiger partial charge in [-0.25, -0.2) is 10.0 Å². The number of aliphatic carboxylic acids is 1. The lowest BCUT2D eigenvalue weighted by molar-refractivity contribution is -0.215. The number of piperidine rings is 1. The minimum atomic E-state index is -1.13. The standard InChI is InChI=1S/C44H65N5O8S/c1-10-12-15-22-56-49(42(53)34(29(5)11-2)24-38(51)36-16-13-14-21-48(36)9)37(28(3)4)25-39(57-30(6)50)41-47-35(27-58-41)40(52)46-33(26-44(7,8)43(54)55)23-31-17-19-32(45)20-18-31/h1,17-20,27-29,33-34,36-37,39H,11-16,21-26,45H2,2-9H3,(H,46,52)(H,54,55)/t29-,33-,34-,36+,37+,39+/m0/s1. The maximum Gasteiger partial charge on any atom is 0.309 e. The molecule has 1 aliphatic heterocycles. The topological polar surface area (TPSA) is 181 Å². The van der Waals surface area contributed by atoms with Gasteiger partial charge in [-0.3, -0.25) is 33.7 Å². The number of Topliss-reactive ketones (excluding diaryl/α,β-unsaturated/α-hetero) is 1. The number of amides is 2. The van der Waals surface area contributed by atoms with Gasteiger partial charge in [0.05, 0.1) is 24.1 Å². The van der Waals surface area contributed by atoms with Crippen molar-refractivity contribution in [3.05, 3.63) is 45.9 Å². The molecule has 1 fully saturated rings. The number of likely N-dealkylation sites (N-methyl/N-ethyl adjacent to an activating group) is 1. The Morgan fingerprint density at radius 2 is 1.84 bits per heavy atom. The predicted octanol–water partition coefficient (Wildman–Crippen LogP) is 6.87. The maximum absolute atomic E-state index is 14.8. The molecule has 6 atom stereocenters. The number of terminal acetylenes is 1. The number of esters is 1. The fourth-order valence-corrected chi connectivity index (χ4v) is 8.19. The molecule has 320 valence electrons. The van der Waals surface area contributed by atoms with E-state index in [1.807, 2.05) is 46.9 Å². The summed E-state index contributed by atoms with van der Waals surface area (Å²) in [6, 6.07) is 5.76. The number of ether oxygens (including phenoxy) is 1. The van der Waals surface area contributed by atoms with Gasteiger partial charge in [0.1, 0.15) is 10.7 Å². The van der Waals surface area contributed by atoms with E-state index in [9.17, 15) is 29.1 Å². The second kappa shape index (κ2) is 22.7. The van der Waals surface area contributed by atoms with Crippen LogP contribution in [0.15, 0.2) is 29.6 Å². The molecular formula is C44H65N5O8S. The summed E-state index contributed by atoms with van der Waals surface area (Å²) in [6.45, 7) is 13.4. The Morgan fingerprint density at radius 3 is 2.43 bits per heavy atom. The third kappa shape index (κ3) is 14.2. The van der Waals surface area contributed by atoms with Crippen molar-refractivity contribution in [2.24, 2.45) is 23.2 Å². The van der Waals surface area contributed by atoms with Crippen LogP contribution in [0.25, 0.3) is 0 Å². The summed E-state index contributed by atoms with van der Waals surface area (Å²) in [4.78, 5) is 79.9. The molecule has 2 aromatic rings. The summed E-state index contributed by atoms with van der Waals surface area (Å²) in [6.07, 6.45) is 9.66. The normalized spacial score (nSPS) is 17.3. The number of hydrogen-bond donors (Lipinski definition) is 3. The molecule has 4 N–H and O–H groups in total. The van der Waals surface area contributed by atoms with Crippen LogP contribution in [0.1, 0.15) is 133 Å². The van der Waals surface area contributed by atoms with Crippen molar-refractivity contribution in [3.63, 3.8) is 0 Å². The van der Waals surface area contributed by atoms with E-state index in [0.29, 0.717) is 36.4 Å². The molecule has 0 unspecified atom stereocenters. The van der Waals surface area contributed by atoms with E-state index in [-0.39, 0.29) is 61.1 Å². The number of carboxylic acid groups (broad SMARTS) is 1. The summed E-state index contributed by atoms with van der Waals surface area (Å²) in [5, 5.41) is 16.2. The number of nitrogen functional groups attached to an aromatic ring is 1. The van der Waals surface area contributed by atoms with E-state index >= 15 is 0 Å². The Balaban J connectivity index is 1.94. The second-order valence-corrected chi connectivity index (χ2v) is 17.6. The molecule has 1 aliphatic rings. The van der Waals surface area contributed by atoms with Gasteiger partial charge in [-0.2, -0.15) is 0 Å². The van der Waals surface area contributed by atoms with E-state index in [1.54, 1.807) is 31.4 Å². The van der Waals surface area contributed by atoms with Crippen molar-refractivity contribution in [1.82, 2.24) is 20.3 Å². The molecule has 0 aliphatic carbocycles. The number of benzene rings is 1. The number of nitrogens with one attached hydrogen (secondary N) is 1. The smallest absolute Gasteiger partial charge is 0.309 e. The Morgan fingerprint density at radius 1 is 1.16 bits per heavy atom. The number of carbonyl (C=O) groups is 5. The van der Waals surface area contributed by atoms with Crippen molar-refractivity contribution in [3.8, 4) is 12.3 Å². The SMILES string of the molecule is C#CCCCON(C(=O)[C@@H](CC(=O)[C@H]1CCCCN1C)[C@@H](C)CC)[C@H](C[C@@H](OC(C)=O)c1nc(C(=O)N[C@@H](Cc2ccc(N)cc2)CC(C)(C)C(=O)O)cs1)C(C)C. The molecule has 0 radical (unpaired) electrons. The molecule has 2 heterocycles. The lowest BCUT2D eigenvalue weighted by Gasteiger charge is -2.38. The van der Waals surface area contributed by atoms with E-state index < -0.39 is 47.4 Å². The van der Waals surface area contributed by atoms with Gasteiger partial charge < -0.3 is 20.9 Å². The first kappa shape index (κ1) is 48.1. The first-order valence-electron chi connectivity index (χ1n) is 20.5. The van der Waals surface area contributed by atoms with E-state index in [0.717, 1.165) is 42.7 Å². The number of rotatable bonds is 23. The third-order valence-electron chi connectivity index (χ3n) is 11.1. The van der Waals surface area contributed by atoms with Gasteiger partial charge in [-0.05, 0) is 89.1 Å². The van der Waals surface area contributed by atoms with Gasteiger partial charge in [0.15, 0.2) is 11.9 Å². The molecule has 13 nitrogen and oxygen atoms in total. The number of hydrogen-bond acceptors (Lipinski definition) is 11. The summed E-state index contributed by atoms with van der Waals surface area (Å²) in [5.41, 5.74) is 6.27. The summed E-state index contributed by atoms with van der Waals surface area (Å²) in [7, 11) is 1.96. The van der Waals surface area contributed by atoms with Crippen molar-refractivity contribution >= 4 is 46.6 Å². The maximum atomic E-state index is 14.8. The Hall–Kier alpha value is -4.32. The zero-order valence-corrected chi connectivity index (χ0v) is 36.4. The highest BCUT2D eigenvalue weighted by atomic mass is 32.1. The van der Waals surface area contributed by atoms with Crippen LogP contribution in [-0.4, -0.2) is 87.9 Å². The Kier molecular flexibility index (Phi) is 18.8. The van der Waals surface area contributed by atoms with Crippen LogP contribution in [0.2, 0.25) is 0 Å². The van der Waals surface area contributed by atoms with Crippen LogP contribution in [0.3, 0.4) is 0 Å². The number of carbonyl (C=O) groups excluding carboxylic acids is 4. The summed E-state index contributed by atoms with van der Waals surface area (Å²) in [5.74, 6) is -0.681. The van der Waals surface area contributed by atoms with Gasteiger partial charge in [-0.1, -0.05) is 52.7 Å². The summed E-state index contributed by atoms with van der Waals surface area (Å²) < 4.78 is 5.85. The average Bonchev–Trinajstić information content (AvgIpc) is 3.67. The van der Waals surface area contributed by atoms with Gasteiger partial charge in [0.2, 0.25) is 5.91 Å². The molecule has 14 heteroatoms. The van der Waals surface area contributed by atoms with Crippen molar-refractivity contribution in [2.75, 3.05) is 25.9 Å². The van der Waals surface area contributed by atoms with Crippen molar-refractivity contribution in [2.45, 2.75) is 137 Å². The largest absolute Gasteiger partial charge is 0.481 e. The van der Waals surface area contributed by atoms with E-state index in [4.69, 9.17) is 21.7 Å². The highest BCUT2D eigenvalue weighted by Gasteiger charge is 2.40. The number of nitrogens with two attached hydrogens (primary N) is 1. The number of thiazole rings is 1. The zero-order chi connectivity index (χ0) is 43.2. The number of aromatic nitrogens is 1. The number of hydroxylamine groups is 2. The van der Waals surface area contributed by atoms with Crippen LogP contribution in [-0.2, 0) is 35.2 Å². The van der Waals surface area contributed by atoms with Crippen molar-refractivity contribution in [1.29, 1.82) is 0 Å². The van der Waals surface area contributed by atoms with E-state index in [1.165, 1.54) is 12.0 Å². The minimum absolute atomic E-state index is 0.0443. The molecule has 3 rings (SSSR count). The highest BCUT2D eigenvalue weighted by Crippen LogP contribution is 2.34. The number of carboxylic acids is 1. The fourth-order valence-electron chi connectivity index (χ4n) is 7.35. The van der Waals surface area contributed by atoms with Gasteiger partial charge in [0, 0.05) is 49.2 Å². The third-order valence-corrected chi connectivity index (χ3v) is 12.1. The first-order valence-corrected chi connectivity index (χ1v) is 21.4. The number of nitrogens with zero attached hydrogens (tertiary/aromatic N) is 3. The molecular weight excluding hydrogens is 759 g/mol. The number of ketones is 1. The highest BCUT2D eigenvalue weighted by molar-refractivity contribution is 7.09. The lowest BCUT2D eigenvalue weighted by atomic mass is 9.83. The average molecular weight is 824 g/mol. The molecule has 1 aromatic carbocycles. The molecule has 1 saturated heterocycles. The quantitative estimate of drug-likeness (QED) is 0.0350.